The summed E-state index contributed by atoms with van der Waals surface area (Å²) in [5.41, 5.74) is 0.321. The number of rotatable bonds is 4. The topological polar surface area (TPSA) is 18.5 Å². The molecule has 1 heterocycles. The van der Waals surface area contributed by atoms with Crippen molar-refractivity contribution in [1.29, 1.82) is 0 Å². The maximum Gasteiger partial charge on any atom is 0.146 e. The fourth-order valence-electron chi connectivity index (χ4n) is 2.51. The van der Waals surface area contributed by atoms with Gasteiger partial charge in [0, 0.05) is 51.9 Å². The number of nitrogens with one attached hydrogen (secondary N) is 1. The van der Waals surface area contributed by atoms with Crippen LogP contribution in [0.2, 0.25) is 0 Å². The van der Waals surface area contributed by atoms with Gasteiger partial charge < -0.3 is 10.2 Å². The highest BCUT2D eigenvalue weighted by molar-refractivity contribution is 5.47. The zero-order valence-corrected chi connectivity index (χ0v) is 11.5. The molecule has 2 rings (SSSR count). The molecule has 1 aromatic carbocycles. The Morgan fingerprint density at radius 3 is 2.68 bits per heavy atom. The van der Waals surface area contributed by atoms with Crippen LogP contribution >= 0.6 is 0 Å². The van der Waals surface area contributed by atoms with Crippen molar-refractivity contribution < 1.29 is 8.78 Å². The van der Waals surface area contributed by atoms with Gasteiger partial charge >= 0.3 is 0 Å². The second-order valence-corrected chi connectivity index (χ2v) is 5.11. The van der Waals surface area contributed by atoms with Crippen LogP contribution in [0, 0.1) is 11.6 Å². The van der Waals surface area contributed by atoms with Crippen LogP contribution < -0.4 is 10.2 Å². The first-order valence-electron chi connectivity index (χ1n) is 6.69. The van der Waals surface area contributed by atoms with Gasteiger partial charge in [0.05, 0.1) is 5.69 Å². The van der Waals surface area contributed by atoms with Gasteiger partial charge in [0.15, 0.2) is 0 Å². The molecular weight excluding hydrogens is 248 g/mol. The third-order valence-electron chi connectivity index (χ3n) is 3.63. The summed E-state index contributed by atoms with van der Waals surface area (Å²) in [5, 5.41) is 3.31. The first-order valence-corrected chi connectivity index (χ1v) is 6.69. The van der Waals surface area contributed by atoms with E-state index in [0.29, 0.717) is 18.3 Å². The van der Waals surface area contributed by atoms with E-state index in [0.717, 1.165) is 32.2 Å². The van der Waals surface area contributed by atoms with Crippen LogP contribution in [0.1, 0.15) is 6.92 Å². The highest BCUT2D eigenvalue weighted by Crippen LogP contribution is 2.20. The molecule has 0 bridgehead atoms. The van der Waals surface area contributed by atoms with Gasteiger partial charge in [0.2, 0.25) is 0 Å². The number of hydrogen-bond donors (Lipinski definition) is 1. The van der Waals surface area contributed by atoms with Crippen LogP contribution in [0.3, 0.4) is 0 Å². The molecule has 0 amide bonds. The molecule has 0 aliphatic carbocycles. The molecule has 0 saturated carbocycles. The molecule has 1 atom stereocenters. The van der Waals surface area contributed by atoms with Crippen molar-refractivity contribution in [2.24, 2.45) is 0 Å². The van der Waals surface area contributed by atoms with Crippen LogP contribution in [-0.2, 0) is 0 Å². The summed E-state index contributed by atoms with van der Waals surface area (Å²) < 4.78 is 26.9. The van der Waals surface area contributed by atoms with Crippen LogP contribution in [0.4, 0.5) is 14.5 Å². The fourth-order valence-corrected chi connectivity index (χ4v) is 2.51. The van der Waals surface area contributed by atoms with Crippen molar-refractivity contribution in [2.75, 3.05) is 44.7 Å². The summed E-state index contributed by atoms with van der Waals surface area (Å²) in [4.78, 5) is 4.15. The number of halogens is 2. The van der Waals surface area contributed by atoms with Gasteiger partial charge in [-0.3, -0.25) is 4.90 Å². The van der Waals surface area contributed by atoms with Crippen molar-refractivity contribution in [3.63, 3.8) is 0 Å². The molecule has 3 nitrogen and oxygen atoms in total. The summed E-state index contributed by atoms with van der Waals surface area (Å²) in [7, 11) is 1.80. The predicted octanol–water partition coefficient (Wildman–Crippen LogP) is 1.69. The zero-order chi connectivity index (χ0) is 13.8. The maximum absolute atomic E-state index is 13.7. The van der Waals surface area contributed by atoms with Crippen molar-refractivity contribution in [3.8, 4) is 0 Å². The van der Waals surface area contributed by atoms with E-state index in [1.807, 2.05) is 0 Å². The quantitative estimate of drug-likeness (QED) is 0.897. The van der Waals surface area contributed by atoms with E-state index in [2.05, 4.69) is 17.1 Å². The van der Waals surface area contributed by atoms with E-state index < -0.39 is 5.82 Å². The largest absolute Gasteiger partial charge is 0.371 e. The zero-order valence-electron chi connectivity index (χ0n) is 11.5. The Morgan fingerprint density at radius 2 is 2.00 bits per heavy atom. The van der Waals surface area contributed by atoms with Gasteiger partial charge in [-0.15, -0.1) is 0 Å². The highest BCUT2D eigenvalue weighted by Gasteiger charge is 2.19. The summed E-state index contributed by atoms with van der Waals surface area (Å²) in [6, 6.07) is 3.89. The molecule has 1 unspecified atom stereocenters. The van der Waals surface area contributed by atoms with Gasteiger partial charge in [-0.25, -0.2) is 8.78 Å². The number of likely N-dealkylation sites (N-methyl/N-ethyl adjacent to an activating group) is 1. The third-order valence-corrected chi connectivity index (χ3v) is 3.63. The Bertz CT molecular complexity index is 419. The molecule has 5 heteroatoms. The highest BCUT2D eigenvalue weighted by atomic mass is 19.1. The smallest absolute Gasteiger partial charge is 0.146 e. The molecule has 1 saturated heterocycles. The van der Waals surface area contributed by atoms with Gasteiger partial charge in [-0.1, -0.05) is 0 Å². The van der Waals surface area contributed by atoms with Crippen LogP contribution in [0.5, 0.6) is 0 Å². The Labute approximate surface area is 113 Å². The van der Waals surface area contributed by atoms with Crippen LogP contribution in [0.25, 0.3) is 0 Å². The summed E-state index contributed by atoms with van der Waals surface area (Å²) in [5.74, 6) is -0.783. The van der Waals surface area contributed by atoms with Crippen molar-refractivity contribution in [3.05, 3.63) is 29.8 Å². The van der Waals surface area contributed by atoms with Gasteiger partial charge in [0.25, 0.3) is 0 Å². The number of hydrogen-bond acceptors (Lipinski definition) is 3. The molecule has 19 heavy (non-hydrogen) atoms. The van der Waals surface area contributed by atoms with Gasteiger partial charge in [-0.2, -0.15) is 0 Å². The molecule has 1 N–H and O–H groups in total. The average molecular weight is 269 g/mol. The Kier molecular flexibility index (Phi) is 4.71. The van der Waals surface area contributed by atoms with Crippen LogP contribution in [-0.4, -0.2) is 50.7 Å². The molecule has 1 aliphatic heterocycles. The van der Waals surface area contributed by atoms with E-state index in [4.69, 9.17) is 0 Å². The molecule has 0 spiro atoms. The Hall–Kier alpha value is -1.20. The summed E-state index contributed by atoms with van der Waals surface area (Å²) >= 11 is 0. The molecule has 1 fully saturated rings. The number of nitrogens with zero attached hydrogens (tertiary/aromatic N) is 2. The van der Waals surface area contributed by atoms with E-state index in [9.17, 15) is 8.78 Å². The minimum atomic E-state index is -0.405. The first-order chi connectivity index (χ1) is 9.08. The van der Waals surface area contributed by atoms with Crippen molar-refractivity contribution >= 4 is 5.69 Å². The van der Waals surface area contributed by atoms with E-state index in [1.54, 1.807) is 11.9 Å². The molecule has 106 valence electrons. The lowest BCUT2D eigenvalue weighted by molar-refractivity contribution is 0.187. The fraction of sp³-hybridized carbons (Fsp3) is 0.571. The molecule has 1 aliphatic rings. The van der Waals surface area contributed by atoms with E-state index >= 15 is 0 Å². The first kappa shape index (κ1) is 14.2. The SMILES string of the molecule is CC(CN(C)c1cc(F)ccc1F)N1CCNCC1. The second kappa shape index (κ2) is 6.30. The van der Waals surface area contributed by atoms with Gasteiger partial charge in [-0.05, 0) is 19.1 Å². The lowest BCUT2D eigenvalue weighted by Crippen LogP contribution is -2.50. The molecular formula is C14H21F2N3. The second-order valence-electron chi connectivity index (χ2n) is 5.11. The Morgan fingerprint density at radius 1 is 1.32 bits per heavy atom. The summed E-state index contributed by atoms with van der Waals surface area (Å²) in [6.45, 7) is 6.78. The summed E-state index contributed by atoms with van der Waals surface area (Å²) in [6.07, 6.45) is 0. The van der Waals surface area contributed by atoms with E-state index in [-0.39, 0.29) is 5.82 Å². The molecule has 1 aromatic rings. The van der Waals surface area contributed by atoms with Crippen LogP contribution in [0.15, 0.2) is 18.2 Å². The normalized spacial score (nSPS) is 18.3. The lowest BCUT2D eigenvalue weighted by atomic mass is 10.2. The number of anilines is 1. The number of piperazine rings is 1. The number of benzene rings is 1. The average Bonchev–Trinajstić information content (AvgIpc) is 2.42. The molecule has 0 aromatic heterocycles. The monoisotopic (exact) mass is 269 g/mol. The van der Waals surface area contributed by atoms with Gasteiger partial charge in [0.1, 0.15) is 11.6 Å². The maximum atomic E-state index is 13.7. The third kappa shape index (κ3) is 3.64. The van der Waals surface area contributed by atoms with Crippen molar-refractivity contribution in [1.82, 2.24) is 10.2 Å². The van der Waals surface area contributed by atoms with Crippen molar-refractivity contribution in [2.45, 2.75) is 13.0 Å². The minimum absolute atomic E-state index is 0.315. The lowest BCUT2D eigenvalue weighted by Gasteiger charge is -2.35. The standard InChI is InChI=1S/C14H21F2N3/c1-11(19-7-5-17-6-8-19)10-18(2)14-9-12(15)3-4-13(14)16/h3-4,9,11,17H,5-8,10H2,1-2H3. The van der Waals surface area contributed by atoms with E-state index in [1.165, 1.54) is 12.1 Å². The Balaban J connectivity index is 1.99. The predicted molar refractivity (Wildman–Crippen MR) is 73.5 cm³/mol. The molecule has 0 radical (unpaired) electrons. The minimum Gasteiger partial charge on any atom is -0.371 e.